The van der Waals surface area contributed by atoms with Crippen LogP contribution in [-0.4, -0.2) is 26.7 Å². The van der Waals surface area contributed by atoms with Crippen molar-refractivity contribution in [2.45, 2.75) is 11.3 Å². The average molecular weight is 354 g/mol. The molecule has 0 saturated carbocycles. The Bertz CT molecular complexity index is 1110. The van der Waals surface area contributed by atoms with Gasteiger partial charge in [-0.25, -0.2) is 17.7 Å². The van der Waals surface area contributed by atoms with E-state index >= 15 is 0 Å². The second-order valence-corrected chi connectivity index (χ2v) is 7.87. The van der Waals surface area contributed by atoms with E-state index in [1.807, 2.05) is 30.3 Å². The first-order valence-electron chi connectivity index (χ1n) is 7.94. The first-order valence-corrected chi connectivity index (χ1v) is 9.38. The monoisotopic (exact) mass is 354 g/mol. The molecule has 0 saturated heterocycles. The third-order valence-electron chi connectivity index (χ3n) is 4.53. The maximum Gasteiger partial charge on any atom is 0.265 e. The number of anilines is 1. The predicted molar refractivity (Wildman–Crippen MR) is 92.5 cm³/mol. The molecule has 126 valence electrons. The number of hydrogen-bond acceptors (Lipinski definition) is 5. The van der Waals surface area contributed by atoms with Crippen LogP contribution in [0.4, 0.5) is 5.82 Å². The molecule has 0 atom stereocenters. The molecule has 0 bridgehead atoms. The molecule has 6 nitrogen and oxygen atoms in total. The van der Waals surface area contributed by atoms with Gasteiger partial charge in [0.25, 0.3) is 10.0 Å². The standard InChI is InChI=1S/C18H14N2O4S/c21-25(22,14-5-6-16-17(10-14)24-11-23-16)20-8-7-13-9-12-3-1-2-4-15(12)19-18(13)20/h1-6,9-10H,7-8,11H2. The highest BCUT2D eigenvalue weighted by atomic mass is 32.2. The Morgan fingerprint density at radius 1 is 1.00 bits per heavy atom. The summed E-state index contributed by atoms with van der Waals surface area (Å²) >= 11 is 0. The van der Waals surface area contributed by atoms with Crippen LogP contribution in [0, 0.1) is 0 Å². The van der Waals surface area contributed by atoms with E-state index < -0.39 is 10.0 Å². The summed E-state index contributed by atoms with van der Waals surface area (Å²) in [5.74, 6) is 1.52. The lowest BCUT2D eigenvalue weighted by molar-refractivity contribution is 0.174. The zero-order chi connectivity index (χ0) is 17.0. The number of benzene rings is 2. The zero-order valence-corrected chi connectivity index (χ0v) is 14.0. The van der Waals surface area contributed by atoms with Gasteiger partial charge in [-0.1, -0.05) is 18.2 Å². The molecule has 0 radical (unpaired) electrons. The highest BCUT2D eigenvalue weighted by molar-refractivity contribution is 7.92. The number of sulfonamides is 1. The number of nitrogens with zero attached hydrogens (tertiary/aromatic N) is 2. The second-order valence-electron chi connectivity index (χ2n) is 6.01. The number of fused-ring (bicyclic) bond motifs is 3. The molecule has 0 N–H and O–H groups in total. The summed E-state index contributed by atoms with van der Waals surface area (Å²) in [4.78, 5) is 4.77. The first-order chi connectivity index (χ1) is 12.1. The molecule has 2 aromatic carbocycles. The summed E-state index contributed by atoms with van der Waals surface area (Å²) in [5.41, 5.74) is 1.73. The third-order valence-corrected chi connectivity index (χ3v) is 6.32. The normalized spacial score (nSPS) is 15.6. The summed E-state index contributed by atoms with van der Waals surface area (Å²) in [5, 5.41) is 1.02. The fraction of sp³-hybridized carbons (Fsp3) is 0.167. The summed E-state index contributed by atoms with van der Waals surface area (Å²) in [6.07, 6.45) is 0.650. The number of aromatic nitrogens is 1. The van der Waals surface area contributed by atoms with E-state index in [9.17, 15) is 8.42 Å². The Morgan fingerprint density at radius 3 is 2.76 bits per heavy atom. The molecule has 0 aliphatic carbocycles. The molecule has 0 amide bonds. The molecule has 25 heavy (non-hydrogen) atoms. The van der Waals surface area contributed by atoms with Gasteiger partial charge in [0.05, 0.1) is 10.4 Å². The molecule has 2 aliphatic heterocycles. The number of pyridine rings is 1. The molecule has 0 spiro atoms. The van der Waals surface area contributed by atoms with Crippen LogP contribution < -0.4 is 13.8 Å². The van der Waals surface area contributed by atoms with Gasteiger partial charge >= 0.3 is 0 Å². The van der Waals surface area contributed by atoms with Gasteiger partial charge in [0.2, 0.25) is 6.79 Å². The summed E-state index contributed by atoms with van der Waals surface area (Å²) in [6, 6.07) is 14.4. The fourth-order valence-corrected chi connectivity index (χ4v) is 4.74. The Hall–Kier alpha value is -2.80. The number of rotatable bonds is 2. The average Bonchev–Trinajstić information content (AvgIpc) is 3.25. The largest absolute Gasteiger partial charge is 0.454 e. The van der Waals surface area contributed by atoms with Crippen LogP contribution in [0.15, 0.2) is 53.4 Å². The lowest BCUT2D eigenvalue weighted by Gasteiger charge is -2.19. The topological polar surface area (TPSA) is 68.7 Å². The van der Waals surface area contributed by atoms with E-state index in [2.05, 4.69) is 4.98 Å². The molecule has 5 rings (SSSR count). The van der Waals surface area contributed by atoms with Crippen molar-refractivity contribution in [3.05, 3.63) is 54.1 Å². The van der Waals surface area contributed by atoms with Gasteiger partial charge in [-0.2, -0.15) is 0 Å². The van der Waals surface area contributed by atoms with Crippen LogP contribution in [0.2, 0.25) is 0 Å². The van der Waals surface area contributed by atoms with Gasteiger partial charge in [-0.3, -0.25) is 0 Å². The van der Waals surface area contributed by atoms with Crippen LogP contribution in [0.5, 0.6) is 11.5 Å². The van der Waals surface area contributed by atoms with Gasteiger partial charge in [-0.05, 0) is 36.2 Å². The Morgan fingerprint density at radius 2 is 1.84 bits per heavy atom. The Labute approximate surface area is 144 Å². The maximum absolute atomic E-state index is 13.1. The van der Waals surface area contributed by atoms with Crippen molar-refractivity contribution < 1.29 is 17.9 Å². The fourth-order valence-electron chi connectivity index (χ4n) is 3.28. The maximum atomic E-state index is 13.1. The zero-order valence-electron chi connectivity index (χ0n) is 13.2. The summed E-state index contributed by atoms with van der Waals surface area (Å²) in [6.45, 7) is 0.494. The van der Waals surface area contributed by atoms with Gasteiger partial charge in [0.1, 0.15) is 5.82 Å². The molecule has 2 aliphatic rings. The van der Waals surface area contributed by atoms with Crippen LogP contribution in [0.3, 0.4) is 0 Å². The lowest BCUT2D eigenvalue weighted by atomic mass is 10.1. The predicted octanol–water partition coefficient (Wildman–Crippen LogP) is 2.71. The molecule has 7 heteroatoms. The van der Waals surface area contributed by atoms with E-state index in [1.165, 1.54) is 10.4 Å². The molecule has 1 aromatic heterocycles. The van der Waals surface area contributed by atoms with Crippen molar-refractivity contribution in [1.29, 1.82) is 0 Å². The van der Waals surface area contributed by atoms with Crippen LogP contribution in [0.1, 0.15) is 5.56 Å². The third kappa shape index (κ3) is 2.16. The van der Waals surface area contributed by atoms with E-state index in [0.717, 1.165) is 16.5 Å². The van der Waals surface area contributed by atoms with Gasteiger partial charge in [-0.15, -0.1) is 0 Å². The van der Waals surface area contributed by atoms with E-state index in [4.69, 9.17) is 9.47 Å². The number of hydrogen-bond donors (Lipinski definition) is 0. The van der Waals surface area contributed by atoms with Crippen LogP contribution >= 0.6 is 0 Å². The Kier molecular flexibility index (Phi) is 2.96. The first kappa shape index (κ1) is 14.5. The summed E-state index contributed by atoms with van der Waals surface area (Å²) in [7, 11) is -3.71. The molecule has 0 fully saturated rings. The van der Waals surface area contributed by atoms with E-state index in [-0.39, 0.29) is 11.7 Å². The SMILES string of the molecule is O=S(=O)(c1ccc2c(c1)OCO2)N1CCc2cc3ccccc3nc21. The summed E-state index contributed by atoms with van der Waals surface area (Å²) < 4.78 is 38.2. The molecule has 3 aromatic rings. The minimum Gasteiger partial charge on any atom is -0.454 e. The van der Waals surface area contributed by atoms with Crippen molar-refractivity contribution >= 4 is 26.7 Å². The number of ether oxygens (including phenoxy) is 2. The molecular formula is C18H14N2O4S. The van der Waals surface area contributed by atoms with Crippen molar-refractivity contribution in [1.82, 2.24) is 4.98 Å². The quantitative estimate of drug-likeness (QED) is 0.708. The minimum absolute atomic E-state index is 0.110. The van der Waals surface area contributed by atoms with Crippen molar-refractivity contribution in [3.8, 4) is 11.5 Å². The van der Waals surface area contributed by atoms with Crippen molar-refractivity contribution in [3.63, 3.8) is 0 Å². The highest BCUT2D eigenvalue weighted by Gasteiger charge is 2.33. The smallest absolute Gasteiger partial charge is 0.265 e. The van der Waals surface area contributed by atoms with Gasteiger partial charge in [0.15, 0.2) is 11.5 Å². The molecular weight excluding hydrogens is 340 g/mol. The van der Waals surface area contributed by atoms with Gasteiger partial charge < -0.3 is 9.47 Å². The lowest BCUT2D eigenvalue weighted by Crippen LogP contribution is -2.29. The highest BCUT2D eigenvalue weighted by Crippen LogP contribution is 2.37. The molecule has 3 heterocycles. The van der Waals surface area contributed by atoms with Crippen molar-refractivity contribution in [2.24, 2.45) is 0 Å². The van der Waals surface area contributed by atoms with E-state index in [1.54, 1.807) is 12.1 Å². The minimum atomic E-state index is -3.71. The molecule has 0 unspecified atom stereocenters. The van der Waals surface area contributed by atoms with E-state index in [0.29, 0.717) is 30.3 Å². The number of para-hydroxylation sites is 1. The van der Waals surface area contributed by atoms with Crippen molar-refractivity contribution in [2.75, 3.05) is 17.6 Å². The Balaban J connectivity index is 1.62. The van der Waals surface area contributed by atoms with Crippen LogP contribution in [-0.2, 0) is 16.4 Å². The second kappa shape index (κ2) is 5.10. The van der Waals surface area contributed by atoms with Crippen LogP contribution in [0.25, 0.3) is 10.9 Å². The van der Waals surface area contributed by atoms with Gasteiger partial charge in [0, 0.05) is 18.0 Å².